The van der Waals surface area contributed by atoms with Crippen LogP contribution in [-0.2, 0) is 11.3 Å². The van der Waals surface area contributed by atoms with Gasteiger partial charge >= 0.3 is 0 Å². The lowest BCUT2D eigenvalue weighted by Gasteiger charge is -2.40. The lowest BCUT2D eigenvalue weighted by molar-refractivity contribution is -0.133. The lowest BCUT2D eigenvalue weighted by atomic mass is 9.81. The number of thiophene rings is 1. The Kier molecular flexibility index (Phi) is 6.22. The summed E-state index contributed by atoms with van der Waals surface area (Å²) in [7, 11) is 1.77. The second-order valence-electron chi connectivity index (χ2n) is 6.89. The van der Waals surface area contributed by atoms with Crippen LogP contribution in [0.15, 0.2) is 22.7 Å². The van der Waals surface area contributed by atoms with Crippen molar-refractivity contribution in [3.63, 3.8) is 0 Å². The predicted molar refractivity (Wildman–Crippen MR) is 109 cm³/mol. The van der Waals surface area contributed by atoms with Crippen molar-refractivity contribution in [1.82, 2.24) is 19.7 Å². The van der Waals surface area contributed by atoms with Crippen molar-refractivity contribution in [2.75, 3.05) is 7.05 Å². The molecule has 1 atom stereocenters. The first-order chi connectivity index (χ1) is 13.0. The fourth-order valence-electron chi connectivity index (χ4n) is 3.60. The van der Waals surface area contributed by atoms with Crippen molar-refractivity contribution in [1.29, 1.82) is 5.26 Å². The third kappa shape index (κ3) is 3.90. The van der Waals surface area contributed by atoms with Gasteiger partial charge in [0.2, 0.25) is 5.91 Å². The Morgan fingerprint density at radius 3 is 2.78 bits per heavy atom. The Balaban J connectivity index is 1.76. The average molecular weight is 404 g/mol. The number of carbonyl (C=O) groups excluding carboxylic acids is 1. The third-order valence-corrected chi connectivity index (χ3v) is 7.20. The van der Waals surface area contributed by atoms with Crippen LogP contribution < -0.4 is 0 Å². The van der Waals surface area contributed by atoms with Crippen LogP contribution in [0.25, 0.3) is 10.7 Å². The predicted octanol–water partition coefficient (Wildman–Crippen LogP) is 4.19. The van der Waals surface area contributed by atoms with Crippen LogP contribution in [0.4, 0.5) is 0 Å². The first-order valence-corrected chi connectivity index (χ1v) is 11.1. The molecule has 0 spiro atoms. The summed E-state index contributed by atoms with van der Waals surface area (Å²) in [6.07, 6.45) is 4.66. The third-order valence-electron chi connectivity index (χ3n) is 5.27. The van der Waals surface area contributed by atoms with E-state index in [1.807, 2.05) is 29.0 Å². The SMILES string of the molecule is CCn1c(S[C@@H](C)C(=O)N(C)C2(C#N)CCCCC2)nnc1-c1cccs1. The maximum atomic E-state index is 13.0. The summed E-state index contributed by atoms with van der Waals surface area (Å²) in [5.41, 5.74) is -0.662. The minimum atomic E-state index is -0.662. The van der Waals surface area contributed by atoms with Gasteiger partial charge in [-0.25, -0.2) is 0 Å². The summed E-state index contributed by atoms with van der Waals surface area (Å²) in [4.78, 5) is 15.8. The molecule has 0 saturated heterocycles. The van der Waals surface area contributed by atoms with Gasteiger partial charge in [0.15, 0.2) is 11.0 Å². The number of nitrogens with zero attached hydrogens (tertiary/aromatic N) is 5. The quantitative estimate of drug-likeness (QED) is 0.676. The van der Waals surface area contributed by atoms with Crippen LogP contribution in [0.1, 0.15) is 46.0 Å². The van der Waals surface area contributed by atoms with Crippen molar-refractivity contribution in [3.8, 4) is 16.8 Å². The topological polar surface area (TPSA) is 74.8 Å². The van der Waals surface area contributed by atoms with E-state index < -0.39 is 5.54 Å². The molecule has 1 aliphatic rings. The van der Waals surface area contributed by atoms with E-state index in [0.717, 1.165) is 54.5 Å². The molecular formula is C19H25N5OS2. The molecule has 144 valence electrons. The van der Waals surface area contributed by atoms with Crippen LogP contribution in [0.5, 0.6) is 0 Å². The number of hydrogen-bond donors (Lipinski definition) is 0. The monoisotopic (exact) mass is 403 g/mol. The molecule has 0 bridgehead atoms. The highest BCUT2D eigenvalue weighted by molar-refractivity contribution is 8.00. The molecule has 0 aromatic carbocycles. The summed E-state index contributed by atoms with van der Waals surface area (Å²) in [6.45, 7) is 4.67. The summed E-state index contributed by atoms with van der Waals surface area (Å²) < 4.78 is 2.04. The van der Waals surface area contributed by atoms with Crippen LogP contribution in [-0.4, -0.2) is 43.4 Å². The molecule has 6 nitrogen and oxygen atoms in total. The minimum Gasteiger partial charge on any atom is -0.326 e. The molecule has 2 aromatic heterocycles. The van der Waals surface area contributed by atoms with Gasteiger partial charge in [0.1, 0.15) is 5.54 Å². The number of thioether (sulfide) groups is 1. The van der Waals surface area contributed by atoms with Gasteiger partial charge in [0.25, 0.3) is 0 Å². The van der Waals surface area contributed by atoms with Crippen molar-refractivity contribution < 1.29 is 4.79 Å². The zero-order chi connectivity index (χ0) is 19.4. The van der Waals surface area contributed by atoms with Gasteiger partial charge in [-0.1, -0.05) is 37.1 Å². The zero-order valence-corrected chi connectivity index (χ0v) is 17.6. The lowest BCUT2D eigenvalue weighted by Crippen LogP contribution is -2.52. The van der Waals surface area contributed by atoms with Crippen LogP contribution in [0.2, 0.25) is 0 Å². The van der Waals surface area contributed by atoms with Gasteiger partial charge in [-0.3, -0.25) is 4.79 Å². The van der Waals surface area contributed by atoms with E-state index in [4.69, 9.17) is 0 Å². The molecule has 27 heavy (non-hydrogen) atoms. The second-order valence-corrected chi connectivity index (χ2v) is 9.14. The number of nitriles is 1. The summed E-state index contributed by atoms with van der Waals surface area (Å²) in [5, 5.41) is 20.8. The molecule has 1 aliphatic carbocycles. The molecule has 1 saturated carbocycles. The molecule has 2 heterocycles. The van der Waals surface area contributed by atoms with E-state index >= 15 is 0 Å². The molecule has 3 rings (SSSR count). The fourth-order valence-corrected chi connectivity index (χ4v) is 5.32. The van der Waals surface area contributed by atoms with Gasteiger partial charge in [-0.15, -0.1) is 21.5 Å². The number of rotatable bonds is 6. The van der Waals surface area contributed by atoms with E-state index in [0.29, 0.717) is 0 Å². The van der Waals surface area contributed by atoms with Crippen LogP contribution >= 0.6 is 23.1 Å². The summed E-state index contributed by atoms with van der Waals surface area (Å²) in [5.74, 6) is 0.815. The Bertz CT molecular complexity index is 818. The number of amides is 1. The Morgan fingerprint density at radius 2 is 2.19 bits per heavy atom. The van der Waals surface area contributed by atoms with Gasteiger partial charge in [-0.2, -0.15) is 5.26 Å². The molecule has 2 aromatic rings. The number of carbonyl (C=O) groups is 1. The Labute approximate surface area is 168 Å². The van der Waals surface area contributed by atoms with Gasteiger partial charge in [0.05, 0.1) is 16.2 Å². The van der Waals surface area contributed by atoms with E-state index in [9.17, 15) is 10.1 Å². The Morgan fingerprint density at radius 1 is 1.44 bits per heavy atom. The van der Waals surface area contributed by atoms with E-state index in [-0.39, 0.29) is 11.2 Å². The molecule has 1 amide bonds. The highest BCUT2D eigenvalue weighted by atomic mass is 32.2. The highest BCUT2D eigenvalue weighted by Crippen LogP contribution is 2.35. The first kappa shape index (κ1) is 19.9. The van der Waals surface area contributed by atoms with Gasteiger partial charge in [-0.05, 0) is 38.1 Å². The van der Waals surface area contributed by atoms with E-state index in [1.165, 1.54) is 11.8 Å². The zero-order valence-electron chi connectivity index (χ0n) is 16.0. The van der Waals surface area contributed by atoms with Crippen LogP contribution in [0.3, 0.4) is 0 Å². The van der Waals surface area contributed by atoms with Gasteiger partial charge in [0, 0.05) is 13.6 Å². The molecule has 0 unspecified atom stereocenters. The molecule has 1 fully saturated rings. The first-order valence-electron chi connectivity index (χ1n) is 9.35. The highest BCUT2D eigenvalue weighted by Gasteiger charge is 2.40. The molecule has 0 N–H and O–H groups in total. The normalized spacial score (nSPS) is 17.3. The molecular weight excluding hydrogens is 378 g/mol. The molecule has 0 aliphatic heterocycles. The van der Waals surface area contributed by atoms with Crippen molar-refractivity contribution in [3.05, 3.63) is 17.5 Å². The Hall–Kier alpha value is -1.85. The van der Waals surface area contributed by atoms with Crippen LogP contribution in [0, 0.1) is 11.3 Å². The second kappa shape index (κ2) is 8.44. The maximum absolute atomic E-state index is 13.0. The van der Waals surface area contributed by atoms with E-state index in [2.05, 4.69) is 23.2 Å². The smallest absolute Gasteiger partial charge is 0.236 e. The van der Waals surface area contributed by atoms with Crippen molar-refractivity contribution >= 4 is 29.0 Å². The largest absolute Gasteiger partial charge is 0.326 e. The average Bonchev–Trinajstić information content (AvgIpc) is 3.36. The molecule has 8 heteroatoms. The van der Waals surface area contributed by atoms with Crippen molar-refractivity contribution in [2.24, 2.45) is 0 Å². The number of hydrogen-bond acceptors (Lipinski definition) is 6. The molecule has 0 radical (unpaired) electrons. The fraction of sp³-hybridized carbons (Fsp3) is 0.579. The van der Waals surface area contributed by atoms with Crippen molar-refractivity contribution in [2.45, 2.75) is 68.4 Å². The summed E-state index contributed by atoms with van der Waals surface area (Å²) >= 11 is 3.04. The number of aromatic nitrogens is 3. The standard InChI is InChI=1S/C19H25N5OS2/c1-4-24-16(15-9-8-12-26-15)21-22-18(24)27-14(2)17(25)23(3)19(13-20)10-6-5-7-11-19/h8-9,12,14H,4-7,10-11H2,1-3H3/t14-/m0/s1. The minimum absolute atomic E-state index is 0.0215. The van der Waals surface area contributed by atoms with Gasteiger partial charge < -0.3 is 9.47 Å². The van der Waals surface area contributed by atoms with E-state index in [1.54, 1.807) is 23.3 Å². The maximum Gasteiger partial charge on any atom is 0.236 e. The summed E-state index contributed by atoms with van der Waals surface area (Å²) in [6, 6.07) is 6.45.